The summed E-state index contributed by atoms with van der Waals surface area (Å²) < 4.78 is 0. The molecule has 2 aromatic rings. The van der Waals surface area contributed by atoms with Crippen molar-refractivity contribution in [1.29, 1.82) is 0 Å². The molecule has 0 aromatic heterocycles. The Kier molecular flexibility index (Phi) is 4.50. The molecule has 0 radical (unpaired) electrons. The van der Waals surface area contributed by atoms with Gasteiger partial charge in [-0.2, -0.15) is 0 Å². The van der Waals surface area contributed by atoms with E-state index in [2.05, 4.69) is 10.6 Å². The first-order chi connectivity index (χ1) is 10.2. The third kappa shape index (κ3) is 2.35. The summed E-state index contributed by atoms with van der Waals surface area (Å²) in [5.74, 6) is -1.29. The molecule has 4 amide bonds. The summed E-state index contributed by atoms with van der Waals surface area (Å²) in [7, 11) is 0. The molecule has 5 nitrogen and oxygen atoms in total. The minimum absolute atomic E-state index is 0. The van der Waals surface area contributed by atoms with Crippen LogP contribution in [0.2, 0.25) is 0 Å². The summed E-state index contributed by atoms with van der Waals surface area (Å²) in [4.78, 5) is 36.5. The molecule has 0 unspecified atom stereocenters. The third-order valence-corrected chi connectivity index (χ3v) is 3.55. The Morgan fingerprint density at radius 3 is 1.36 bits per heavy atom. The van der Waals surface area contributed by atoms with Crippen molar-refractivity contribution in [2.75, 3.05) is 0 Å². The second-order valence-corrected chi connectivity index (χ2v) is 4.72. The molecule has 1 aliphatic heterocycles. The van der Waals surface area contributed by atoms with Crippen LogP contribution in [0.4, 0.5) is 4.79 Å². The van der Waals surface area contributed by atoms with E-state index in [1.54, 1.807) is 60.7 Å². The molecule has 1 fully saturated rings. The molecule has 0 atom stereocenters. The summed E-state index contributed by atoms with van der Waals surface area (Å²) >= 11 is 0. The van der Waals surface area contributed by atoms with Crippen molar-refractivity contribution in [3.05, 3.63) is 71.8 Å². The molecule has 6 heteroatoms. The monoisotopic (exact) mass is 287 g/mol. The first-order valence-corrected chi connectivity index (χ1v) is 6.43. The predicted molar refractivity (Wildman–Crippen MR) is 75.3 cm³/mol. The van der Waals surface area contributed by atoms with Gasteiger partial charge < -0.3 is 0 Å². The van der Waals surface area contributed by atoms with Gasteiger partial charge in [-0.1, -0.05) is 60.7 Å². The Morgan fingerprint density at radius 2 is 1.00 bits per heavy atom. The molecule has 22 heavy (non-hydrogen) atoms. The Morgan fingerprint density at radius 1 is 0.636 bits per heavy atom. The van der Waals surface area contributed by atoms with Gasteiger partial charge in [0.1, 0.15) is 0 Å². The van der Waals surface area contributed by atoms with E-state index in [1.807, 2.05) is 0 Å². The van der Waals surface area contributed by atoms with Crippen LogP contribution in [0.25, 0.3) is 0 Å². The van der Waals surface area contributed by atoms with Gasteiger partial charge in [-0.15, -0.1) is 0 Å². The van der Waals surface area contributed by atoms with Crippen LogP contribution in [-0.2, 0) is 15.0 Å². The van der Waals surface area contributed by atoms with Crippen LogP contribution in [0.15, 0.2) is 60.7 Å². The fourth-order valence-corrected chi connectivity index (χ4v) is 2.60. The number of urea groups is 1. The molecule has 1 aliphatic rings. The van der Waals surface area contributed by atoms with Crippen LogP contribution < -0.4 is 29.5 Å². The van der Waals surface area contributed by atoms with Gasteiger partial charge in [0.05, 0.1) is 0 Å². The molecule has 3 rings (SSSR count). The summed E-state index contributed by atoms with van der Waals surface area (Å²) in [5, 5.41) is 4.38. The molecule has 104 valence electrons. The molecule has 0 bridgehead atoms. The zero-order chi connectivity index (χ0) is 14.9. The van der Waals surface area contributed by atoms with Crippen molar-refractivity contribution in [2.24, 2.45) is 0 Å². The SMILES string of the molecule is O=C1NC(=O)C(c2ccccc2)(c2ccccc2)C(=O)N1.[Li+]. The van der Waals surface area contributed by atoms with Gasteiger partial charge in [0.2, 0.25) is 0 Å². The molecular weight excluding hydrogens is 275 g/mol. The standard InChI is InChI=1S/C16H12N2O3.Li/c19-13-16(11-7-3-1-4-8-11,12-9-5-2-6-10-12)14(20)18-15(21)17-13;/h1-10H,(H2,17,18,19,20,21);/q;+1. The molecule has 0 spiro atoms. The van der Waals surface area contributed by atoms with E-state index in [0.717, 1.165) is 0 Å². The van der Waals surface area contributed by atoms with Gasteiger partial charge in [0, 0.05) is 0 Å². The maximum Gasteiger partial charge on any atom is 1.00 e. The molecule has 1 saturated heterocycles. The van der Waals surface area contributed by atoms with Crippen molar-refractivity contribution >= 4 is 17.8 Å². The second-order valence-electron chi connectivity index (χ2n) is 4.72. The maximum absolute atomic E-state index is 12.5. The number of amides is 4. The topological polar surface area (TPSA) is 75.3 Å². The van der Waals surface area contributed by atoms with Gasteiger partial charge in [0.15, 0.2) is 5.41 Å². The van der Waals surface area contributed by atoms with Crippen molar-refractivity contribution < 1.29 is 33.2 Å². The van der Waals surface area contributed by atoms with Crippen LogP contribution in [0, 0.1) is 0 Å². The van der Waals surface area contributed by atoms with Crippen molar-refractivity contribution in [1.82, 2.24) is 10.6 Å². The first-order valence-electron chi connectivity index (χ1n) is 6.43. The van der Waals surface area contributed by atoms with Crippen LogP contribution in [0.3, 0.4) is 0 Å². The molecule has 0 aliphatic carbocycles. The molecule has 1 heterocycles. The number of imide groups is 2. The Labute approximate surface area is 139 Å². The Balaban J connectivity index is 0.00000176. The van der Waals surface area contributed by atoms with Crippen molar-refractivity contribution in [2.45, 2.75) is 5.41 Å². The van der Waals surface area contributed by atoms with E-state index in [0.29, 0.717) is 11.1 Å². The number of rotatable bonds is 2. The largest absolute Gasteiger partial charge is 1.00 e. The maximum atomic E-state index is 12.5. The van der Waals surface area contributed by atoms with Gasteiger partial charge in [0.25, 0.3) is 11.8 Å². The summed E-state index contributed by atoms with van der Waals surface area (Å²) in [6.45, 7) is 0. The zero-order valence-electron chi connectivity index (χ0n) is 12.0. The molecule has 2 aromatic carbocycles. The Hall–Kier alpha value is -2.35. The van der Waals surface area contributed by atoms with Crippen LogP contribution in [-0.4, -0.2) is 17.8 Å². The fourth-order valence-electron chi connectivity index (χ4n) is 2.60. The van der Waals surface area contributed by atoms with Gasteiger partial charge in [-0.05, 0) is 11.1 Å². The molecule has 2 N–H and O–H groups in total. The molecular formula is C16H12LiN2O3+. The van der Waals surface area contributed by atoms with Crippen molar-refractivity contribution in [3.63, 3.8) is 0 Å². The summed E-state index contributed by atoms with van der Waals surface area (Å²) in [5.41, 5.74) is -0.534. The second kappa shape index (κ2) is 6.18. The Bertz CT molecular complexity index is 655. The van der Waals surface area contributed by atoms with Gasteiger partial charge in [-0.3, -0.25) is 20.2 Å². The first kappa shape index (κ1) is 16.0. The number of carbonyl (C=O) groups is 3. The minimum Gasteiger partial charge on any atom is -0.276 e. The fraction of sp³-hybridized carbons (Fsp3) is 0.0625. The smallest absolute Gasteiger partial charge is 0.276 e. The van der Waals surface area contributed by atoms with E-state index in [4.69, 9.17) is 0 Å². The minimum atomic E-state index is -1.56. The van der Waals surface area contributed by atoms with Gasteiger partial charge in [-0.25, -0.2) is 4.79 Å². The van der Waals surface area contributed by atoms with E-state index in [1.165, 1.54) is 0 Å². The van der Waals surface area contributed by atoms with Crippen molar-refractivity contribution in [3.8, 4) is 0 Å². The third-order valence-electron chi connectivity index (χ3n) is 3.55. The van der Waals surface area contributed by atoms with Crippen LogP contribution in [0.5, 0.6) is 0 Å². The average molecular weight is 287 g/mol. The number of barbiturate groups is 1. The normalized spacial score (nSPS) is 16.3. The van der Waals surface area contributed by atoms with Crippen LogP contribution >= 0.6 is 0 Å². The summed E-state index contributed by atoms with van der Waals surface area (Å²) in [6.07, 6.45) is 0. The number of hydrogen-bond acceptors (Lipinski definition) is 3. The number of carbonyl (C=O) groups excluding carboxylic acids is 3. The van der Waals surface area contributed by atoms with Crippen LogP contribution in [0.1, 0.15) is 11.1 Å². The van der Waals surface area contributed by atoms with E-state index >= 15 is 0 Å². The van der Waals surface area contributed by atoms with E-state index in [-0.39, 0.29) is 18.9 Å². The summed E-state index contributed by atoms with van der Waals surface area (Å²) in [6, 6.07) is 16.6. The van der Waals surface area contributed by atoms with E-state index < -0.39 is 23.3 Å². The average Bonchev–Trinajstić information content (AvgIpc) is 2.49. The number of hydrogen-bond donors (Lipinski definition) is 2. The van der Waals surface area contributed by atoms with Gasteiger partial charge >= 0.3 is 24.9 Å². The molecule has 0 saturated carbocycles. The predicted octanol–water partition coefficient (Wildman–Crippen LogP) is -1.66. The zero-order valence-corrected chi connectivity index (χ0v) is 12.0. The quantitative estimate of drug-likeness (QED) is 0.513. The van der Waals surface area contributed by atoms with E-state index in [9.17, 15) is 14.4 Å². The number of nitrogens with one attached hydrogen (secondary N) is 2. The number of benzene rings is 2.